The molecule has 3 heterocycles. The molecule has 154 valence electrons. The standard InChI is InChI=1S/C22H30N6O/c1-15-11-18(14-23)20(12-19(15)17-3-9-29-10-4-17)27-21-13-22(26-16(2)25-21)28-7-5-24-6-8-28/h11-14,17,23-24H,3-10H2,1-2H3,(H,25,26,27). The number of ether oxygens (including phenoxy) is 1. The van der Waals surface area contributed by atoms with E-state index < -0.39 is 0 Å². The highest BCUT2D eigenvalue weighted by molar-refractivity contribution is 5.88. The van der Waals surface area contributed by atoms with Gasteiger partial charge in [0.2, 0.25) is 0 Å². The molecule has 1 aromatic carbocycles. The molecule has 2 aliphatic heterocycles. The Kier molecular flexibility index (Phi) is 6.06. The number of piperazine rings is 1. The van der Waals surface area contributed by atoms with E-state index in [0.29, 0.717) is 5.92 Å². The lowest BCUT2D eigenvalue weighted by atomic mass is 9.87. The Hall–Kier alpha value is -2.51. The van der Waals surface area contributed by atoms with Gasteiger partial charge in [-0.3, -0.25) is 0 Å². The number of rotatable bonds is 5. The highest BCUT2D eigenvalue weighted by atomic mass is 16.5. The van der Waals surface area contributed by atoms with E-state index in [1.165, 1.54) is 17.3 Å². The van der Waals surface area contributed by atoms with E-state index in [4.69, 9.17) is 10.1 Å². The Morgan fingerprint density at radius 2 is 1.90 bits per heavy atom. The van der Waals surface area contributed by atoms with Crippen molar-refractivity contribution in [2.75, 3.05) is 49.6 Å². The summed E-state index contributed by atoms with van der Waals surface area (Å²) in [6, 6.07) is 6.32. The van der Waals surface area contributed by atoms with Crippen LogP contribution < -0.4 is 15.5 Å². The number of hydrogen-bond donors (Lipinski definition) is 3. The average molecular weight is 395 g/mol. The van der Waals surface area contributed by atoms with E-state index in [9.17, 15) is 0 Å². The van der Waals surface area contributed by atoms with Crippen LogP contribution in [0.1, 0.15) is 41.3 Å². The number of hydrogen-bond acceptors (Lipinski definition) is 7. The quantitative estimate of drug-likeness (QED) is 0.676. The van der Waals surface area contributed by atoms with Crippen LogP contribution in [0.25, 0.3) is 0 Å². The van der Waals surface area contributed by atoms with E-state index in [1.807, 2.05) is 13.0 Å². The van der Waals surface area contributed by atoms with Gasteiger partial charge >= 0.3 is 0 Å². The molecule has 7 nitrogen and oxygen atoms in total. The van der Waals surface area contributed by atoms with E-state index in [2.05, 4.69) is 44.6 Å². The third-order valence-electron chi connectivity index (χ3n) is 5.78. The lowest BCUT2D eigenvalue weighted by molar-refractivity contribution is 0.0852. The van der Waals surface area contributed by atoms with E-state index in [0.717, 1.165) is 80.9 Å². The fourth-order valence-electron chi connectivity index (χ4n) is 4.23. The van der Waals surface area contributed by atoms with Crippen LogP contribution in [0, 0.1) is 19.3 Å². The van der Waals surface area contributed by atoms with Gasteiger partial charge in [0.1, 0.15) is 17.5 Å². The molecule has 2 aliphatic rings. The molecule has 2 fully saturated rings. The zero-order valence-corrected chi connectivity index (χ0v) is 17.3. The van der Waals surface area contributed by atoms with Gasteiger partial charge in [0, 0.05) is 62.9 Å². The SMILES string of the molecule is Cc1nc(Nc2cc(C3CCOCC3)c(C)cc2C=N)cc(N2CCNCC2)n1. The van der Waals surface area contributed by atoms with Crippen LogP contribution in [0.4, 0.5) is 17.3 Å². The third-order valence-corrected chi connectivity index (χ3v) is 5.78. The van der Waals surface area contributed by atoms with E-state index in [-0.39, 0.29) is 0 Å². The molecule has 3 N–H and O–H groups in total. The van der Waals surface area contributed by atoms with Crippen molar-refractivity contribution in [3.05, 3.63) is 40.7 Å². The zero-order chi connectivity index (χ0) is 20.2. The molecule has 4 rings (SSSR count). The summed E-state index contributed by atoms with van der Waals surface area (Å²) in [5.41, 5.74) is 4.38. The molecule has 0 radical (unpaired) electrons. The first kappa shape index (κ1) is 19.8. The van der Waals surface area contributed by atoms with Gasteiger partial charge in [-0.25, -0.2) is 9.97 Å². The van der Waals surface area contributed by atoms with Gasteiger partial charge < -0.3 is 25.7 Å². The fourth-order valence-corrected chi connectivity index (χ4v) is 4.23. The summed E-state index contributed by atoms with van der Waals surface area (Å²) >= 11 is 0. The van der Waals surface area contributed by atoms with Gasteiger partial charge in [0.05, 0.1) is 0 Å². The summed E-state index contributed by atoms with van der Waals surface area (Å²) in [5.74, 6) is 2.98. The molecule has 0 amide bonds. The van der Waals surface area contributed by atoms with Gasteiger partial charge in [-0.05, 0) is 55.9 Å². The van der Waals surface area contributed by atoms with Crippen molar-refractivity contribution in [3.8, 4) is 0 Å². The minimum Gasteiger partial charge on any atom is -0.381 e. The predicted molar refractivity (Wildman–Crippen MR) is 117 cm³/mol. The molecule has 29 heavy (non-hydrogen) atoms. The maximum Gasteiger partial charge on any atom is 0.136 e. The highest BCUT2D eigenvalue weighted by Crippen LogP contribution is 2.33. The number of nitrogens with zero attached hydrogens (tertiary/aromatic N) is 3. The number of nitrogens with one attached hydrogen (secondary N) is 3. The molecule has 0 atom stereocenters. The average Bonchev–Trinajstić information content (AvgIpc) is 2.75. The number of benzene rings is 1. The van der Waals surface area contributed by atoms with E-state index >= 15 is 0 Å². The van der Waals surface area contributed by atoms with Gasteiger partial charge in [0.15, 0.2) is 0 Å². The molecule has 2 saturated heterocycles. The number of aromatic nitrogens is 2. The highest BCUT2D eigenvalue weighted by Gasteiger charge is 2.20. The second kappa shape index (κ2) is 8.88. The predicted octanol–water partition coefficient (Wildman–Crippen LogP) is 3.14. The molecule has 1 aromatic heterocycles. The van der Waals surface area contributed by atoms with Crippen molar-refractivity contribution in [1.82, 2.24) is 15.3 Å². The Balaban J connectivity index is 1.64. The summed E-state index contributed by atoms with van der Waals surface area (Å²) in [4.78, 5) is 11.5. The molecular weight excluding hydrogens is 364 g/mol. The maximum atomic E-state index is 7.87. The molecule has 0 bridgehead atoms. The Morgan fingerprint density at radius 3 is 2.62 bits per heavy atom. The van der Waals surface area contributed by atoms with Gasteiger partial charge in [-0.1, -0.05) is 0 Å². The molecule has 0 unspecified atom stereocenters. The van der Waals surface area contributed by atoms with Crippen molar-refractivity contribution in [2.45, 2.75) is 32.6 Å². The zero-order valence-electron chi connectivity index (χ0n) is 17.3. The van der Waals surface area contributed by atoms with Crippen LogP contribution in [0.15, 0.2) is 18.2 Å². The maximum absolute atomic E-state index is 7.87. The van der Waals surface area contributed by atoms with Crippen molar-refractivity contribution < 1.29 is 4.74 Å². The largest absolute Gasteiger partial charge is 0.381 e. The lowest BCUT2D eigenvalue weighted by Gasteiger charge is -2.29. The van der Waals surface area contributed by atoms with Gasteiger partial charge in [-0.2, -0.15) is 0 Å². The van der Waals surface area contributed by atoms with Crippen LogP contribution in [-0.2, 0) is 4.74 Å². The summed E-state index contributed by atoms with van der Waals surface area (Å²) in [7, 11) is 0. The smallest absolute Gasteiger partial charge is 0.136 e. The van der Waals surface area contributed by atoms with Crippen LogP contribution in [0.2, 0.25) is 0 Å². The molecule has 2 aromatic rings. The molecular formula is C22H30N6O. The van der Waals surface area contributed by atoms with Gasteiger partial charge in [-0.15, -0.1) is 0 Å². The van der Waals surface area contributed by atoms with Crippen LogP contribution >= 0.6 is 0 Å². The molecule has 0 spiro atoms. The van der Waals surface area contributed by atoms with Crippen molar-refractivity contribution >= 4 is 23.5 Å². The summed E-state index contributed by atoms with van der Waals surface area (Å²) in [6.07, 6.45) is 3.50. The monoisotopic (exact) mass is 394 g/mol. The van der Waals surface area contributed by atoms with Crippen molar-refractivity contribution in [2.24, 2.45) is 0 Å². The topological polar surface area (TPSA) is 86.2 Å². The molecule has 0 aliphatic carbocycles. The number of anilines is 3. The number of aryl methyl sites for hydroxylation is 2. The van der Waals surface area contributed by atoms with Crippen molar-refractivity contribution in [3.63, 3.8) is 0 Å². The third kappa shape index (κ3) is 4.57. The lowest BCUT2D eigenvalue weighted by Crippen LogP contribution is -2.44. The summed E-state index contributed by atoms with van der Waals surface area (Å²) < 4.78 is 5.54. The Morgan fingerprint density at radius 1 is 1.14 bits per heavy atom. The normalized spacial score (nSPS) is 17.9. The Labute approximate surface area is 172 Å². The Bertz CT molecular complexity index is 872. The fraction of sp³-hybridized carbons (Fsp3) is 0.500. The van der Waals surface area contributed by atoms with Gasteiger partial charge in [0.25, 0.3) is 0 Å². The van der Waals surface area contributed by atoms with E-state index in [1.54, 1.807) is 0 Å². The first-order valence-corrected chi connectivity index (χ1v) is 10.4. The first-order valence-electron chi connectivity index (χ1n) is 10.4. The second-order valence-electron chi connectivity index (χ2n) is 7.85. The summed E-state index contributed by atoms with van der Waals surface area (Å²) in [5, 5.41) is 14.7. The summed E-state index contributed by atoms with van der Waals surface area (Å²) in [6.45, 7) is 9.53. The molecule has 7 heteroatoms. The minimum atomic E-state index is 0.507. The van der Waals surface area contributed by atoms with Crippen LogP contribution in [0.3, 0.4) is 0 Å². The van der Waals surface area contributed by atoms with Crippen molar-refractivity contribution in [1.29, 1.82) is 5.41 Å². The second-order valence-corrected chi connectivity index (χ2v) is 7.85. The van der Waals surface area contributed by atoms with Crippen LogP contribution in [-0.4, -0.2) is 55.6 Å². The first-order chi connectivity index (χ1) is 14.1. The minimum absolute atomic E-state index is 0.507. The van der Waals surface area contributed by atoms with Crippen LogP contribution in [0.5, 0.6) is 0 Å². The molecule has 0 saturated carbocycles.